The quantitative estimate of drug-likeness (QED) is 0.554. The summed E-state index contributed by atoms with van der Waals surface area (Å²) in [5.74, 6) is -1.61. The maximum Gasteiger partial charge on any atom is 0.202 e. The molecule has 1 saturated heterocycles. The molecule has 0 aromatic heterocycles. The van der Waals surface area contributed by atoms with Gasteiger partial charge in [0.2, 0.25) is 5.79 Å². The molecular formula is C17H28O3. The molecule has 0 radical (unpaired) electrons. The molecule has 0 spiro atoms. The molecule has 3 nitrogen and oxygen atoms in total. The summed E-state index contributed by atoms with van der Waals surface area (Å²) in [7, 11) is 0. The number of ether oxygens (including phenoxy) is 1. The lowest BCUT2D eigenvalue weighted by atomic mass is 9.84. The van der Waals surface area contributed by atoms with Gasteiger partial charge in [0, 0.05) is 6.42 Å². The summed E-state index contributed by atoms with van der Waals surface area (Å²) in [6.45, 7) is 11.3. The molecule has 1 fully saturated rings. The van der Waals surface area contributed by atoms with Crippen molar-refractivity contribution in [1.29, 1.82) is 0 Å². The fraction of sp³-hybridized carbons (Fsp3) is 0.647. The predicted octanol–water partition coefficient (Wildman–Crippen LogP) is 3.48. The standard InChI is InChI=1S/C17H28O3/c1-5-7-8-9-11-16(4,18)17(19)13-14(3)12-15(20-17)10-6-2/h6,9,11,15,18-19H,2-3,5,7-8,10,12-13H2,1,4H3/b11-9+/t15-,16+,17-/m0/s1. The molecule has 0 saturated carbocycles. The van der Waals surface area contributed by atoms with Crippen molar-refractivity contribution >= 4 is 0 Å². The lowest BCUT2D eigenvalue weighted by Gasteiger charge is -2.45. The fourth-order valence-electron chi connectivity index (χ4n) is 2.47. The Bertz CT molecular complexity index is 370. The summed E-state index contributed by atoms with van der Waals surface area (Å²) < 4.78 is 5.73. The van der Waals surface area contributed by atoms with Crippen molar-refractivity contribution in [3.05, 3.63) is 37.0 Å². The van der Waals surface area contributed by atoms with Crippen molar-refractivity contribution < 1.29 is 14.9 Å². The second-order valence-electron chi connectivity index (χ2n) is 5.87. The van der Waals surface area contributed by atoms with Crippen molar-refractivity contribution in [3.63, 3.8) is 0 Å². The van der Waals surface area contributed by atoms with Gasteiger partial charge in [0.05, 0.1) is 6.10 Å². The smallest absolute Gasteiger partial charge is 0.202 e. The molecule has 1 rings (SSSR count). The molecule has 20 heavy (non-hydrogen) atoms. The normalized spacial score (nSPS) is 30.4. The van der Waals surface area contributed by atoms with Crippen LogP contribution in [-0.2, 0) is 4.74 Å². The third-order valence-corrected chi connectivity index (χ3v) is 3.75. The summed E-state index contributed by atoms with van der Waals surface area (Å²) in [5.41, 5.74) is -0.531. The fourth-order valence-corrected chi connectivity index (χ4v) is 2.47. The van der Waals surface area contributed by atoms with E-state index in [2.05, 4.69) is 20.1 Å². The third-order valence-electron chi connectivity index (χ3n) is 3.75. The monoisotopic (exact) mass is 280 g/mol. The first kappa shape index (κ1) is 17.2. The number of hydrogen-bond acceptors (Lipinski definition) is 3. The molecule has 0 unspecified atom stereocenters. The van der Waals surface area contributed by atoms with Crippen LogP contribution in [0.25, 0.3) is 0 Å². The predicted molar refractivity (Wildman–Crippen MR) is 82.3 cm³/mol. The van der Waals surface area contributed by atoms with Gasteiger partial charge >= 0.3 is 0 Å². The Morgan fingerprint density at radius 2 is 2.25 bits per heavy atom. The first-order valence-corrected chi connectivity index (χ1v) is 7.42. The number of hydrogen-bond donors (Lipinski definition) is 2. The SMILES string of the molecule is C=CC[C@H]1CC(=C)C[C@@](O)([C@](C)(O)/C=C/CCCC)O1. The lowest BCUT2D eigenvalue weighted by molar-refractivity contribution is -0.305. The number of allylic oxidation sites excluding steroid dienone is 1. The van der Waals surface area contributed by atoms with E-state index in [4.69, 9.17) is 4.74 Å². The van der Waals surface area contributed by atoms with E-state index in [0.717, 1.165) is 24.8 Å². The average Bonchev–Trinajstić information content (AvgIpc) is 2.34. The van der Waals surface area contributed by atoms with E-state index in [1.165, 1.54) is 0 Å². The summed E-state index contributed by atoms with van der Waals surface area (Å²) in [6, 6.07) is 0. The van der Waals surface area contributed by atoms with Crippen LogP contribution in [0, 0.1) is 0 Å². The first-order valence-electron chi connectivity index (χ1n) is 7.42. The van der Waals surface area contributed by atoms with Crippen molar-refractivity contribution in [3.8, 4) is 0 Å². The number of aliphatic hydroxyl groups is 2. The van der Waals surface area contributed by atoms with E-state index < -0.39 is 11.4 Å². The van der Waals surface area contributed by atoms with E-state index in [1.54, 1.807) is 19.1 Å². The van der Waals surface area contributed by atoms with Crippen molar-refractivity contribution in [2.45, 2.75) is 69.9 Å². The highest BCUT2D eigenvalue weighted by atomic mass is 16.6. The van der Waals surface area contributed by atoms with Crippen LogP contribution in [0.15, 0.2) is 37.0 Å². The van der Waals surface area contributed by atoms with Gasteiger partial charge in [-0.15, -0.1) is 6.58 Å². The zero-order valence-corrected chi connectivity index (χ0v) is 12.8. The molecule has 0 aromatic rings. The van der Waals surface area contributed by atoms with Gasteiger partial charge in [-0.25, -0.2) is 0 Å². The molecule has 114 valence electrons. The highest BCUT2D eigenvalue weighted by molar-refractivity contribution is 5.15. The summed E-state index contributed by atoms with van der Waals surface area (Å²) in [4.78, 5) is 0. The van der Waals surface area contributed by atoms with Crippen LogP contribution in [0.5, 0.6) is 0 Å². The van der Waals surface area contributed by atoms with Gasteiger partial charge < -0.3 is 14.9 Å². The van der Waals surface area contributed by atoms with Crippen molar-refractivity contribution in [2.75, 3.05) is 0 Å². The summed E-state index contributed by atoms with van der Waals surface area (Å²) in [6.07, 6.45) is 9.79. The van der Waals surface area contributed by atoms with E-state index in [-0.39, 0.29) is 12.5 Å². The minimum absolute atomic E-state index is 0.172. The zero-order chi connectivity index (χ0) is 15.2. The maximum absolute atomic E-state index is 10.7. The van der Waals surface area contributed by atoms with E-state index in [0.29, 0.717) is 12.8 Å². The molecule has 0 aliphatic carbocycles. The van der Waals surface area contributed by atoms with Crippen LogP contribution in [-0.4, -0.2) is 27.7 Å². The van der Waals surface area contributed by atoms with Crippen LogP contribution >= 0.6 is 0 Å². The highest BCUT2D eigenvalue weighted by Gasteiger charge is 2.49. The Balaban J connectivity index is 2.80. The van der Waals surface area contributed by atoms with Gasteiger partial charge in [0.25, 0.3) is 0 Å². The molecule has 3 atom stereocenters. The molecule has 0 bridgehead atoms. The van der Waals surface area contributed by atoms with Gasteiger partial charge in [0.15, 0.2) is 0 Å². The minimum atomic E-state index is -1.61. The van der Waals surface area contributed by atoms with E-state index >= 15 is 0 Å². The molecular weight excluding hydrogens is 252 g/mol. The van der Waals surface area contributed by atoms with Crippen LogP contribution in [0.3, 0.4) is 0 Å². The summed E-state index contributed by atoms with van der Waals surface area (Å²) >= 11 is 0. The Morgan fingerprint density at radius 3 is 2.85 bits per heavy atom. The largest absolute Gasteiger partial charge is 0.380 e. The molecule has 1 aliphatic heterocycles. The maximum atomic E-state index is 10.7. The van der Waals surface area contributed by atoms with Crippen LogP contribution in [0.2, 0.25) is 0 Å². The number of rotatable bonds is 7. The molecule has 1 heterocycles. The Hall–Kier alpha value is -0.900. The van der Waals surface area contributed by atoms with Gasteiger partial charge in [-0.2, -0.15) is 0 Å². The molecule has 0 aromatic carbocycles. The summed E-state index contributed by atoms with van der Waals surface area (Å²) in [5, 5.41) is 21.3. The van der Waals surface area contributed by atoms with Crippen LogP contribution in [0.1, 0.15) is 52.4 Å². The molecule has 0 amide bonds. The molecule has 3 heteroatoms. The highest BCUT2D eigenvalue weighted by Crippen LogP contribution is 2.39. The third kappa shape index (κ3) is 4.30. The first-order chi connectivity index (χ1) is 9.34. The lowest BCUT2D eigenvalue weighted by Crippen LogP contribution is -2.56. The van der Waals surface area contributed by atoms with Crippen molar-refractivity contribution in [1.82, 2.24) is 0 Å². The van der Waals surface area contributed by atoms with E-state index in [9.17, 15) is 10.2 Å². The van der Waals surface area contributed by atoms with Gasteiger partial charge in [-0.3, -0.25) is 0 Å². The topological polar surface area (TPSA) is 49.7 Å². The zero-order valence-electron chi connectivity index (χ0n) is 12.8. The Morgan fingerprint density at radius 1 is 1.55 bits per heavy atom. The van der Waals surface area contributed by atoms with Crippen LogP contribution < -0.4 is 0 Å². The van der Waals surface area contributed by atoms with E-state index in [1.807, 2.05) is 6.08 Å². The number of unbranched alkanes of at least 4 members (excludes halogenated alkanes) is 2. The van der Waals surface area contributed by atoms with Crippen molar-refractivity contribution in [2.24, 2.45) is 0 Å². The van der Waals surface area contributed by atoms with Gasteiger partial charge in [-0.1, -0.05) is 50.1 Å². The van der Waals surface area contributed by atoms with Gasteiger partial charge in [-0.05, 0) is 26.2 Å². The molecule has 2 N–H and O–H groups in total. The minimum Gasteiger partial charge on any atom is -0.380 e. The van der Waals surface area contributed by atoms with Gasteiger partial charge in [0.1, 0.15) is 5.60 Å². The Kier molecular flexibility index (Phi) is 6.18. The van der Waals surface area contributed by atoms with Crippen LogP contribution in [0.4, 0.5) is 0 Å². The second-order valence-corrected chi connectivity index (χ2v) is 5.87. The second kappa shape index (κ2) is 7.21. The Labute approximate surface area is 122 Å². The molecule has 1 aliphatic rings. The average molecular weight is 280 g/mol.